The molecule has 0 fully saturated rings. The molecule has 16 heavy (non-hydrogen) atoms. The molecular weight excluding hydrogens is 212 g/mol. The Morgan fingerprint density at radius 2 is 2.00 bits per heavy atom. The van der Waals surface area contributed by atoms with Crippen LogP contribution in [0.25, 0.3) is 0 Å². The van der Waals surface area contributed by atoms with Crippen molar-refractivity contribution in [2.75, 3.05) is 26.3 Å². The summed E-state index contributed by atoms with van der Waals surface area (Å²) in [5.41, 5.74) is 1.13. The Bertz CT molecular complexity index is 260. The largest absolute Gasteiger partial charge is 0.480 e. The Kier molecular flexibility index (Phi) is 7.87. The lowest BCUT2D eigenvalue weighted by molar-refractivity contribution is -0.142. The highest BCUT2D eigenvalue weighted by atomic mass is 16.5. The van der Waals surface area contributed by atoms with Gasteiger partial charge in [0, 0.05) is 13.1 Å². The molecule has 2 amide bonds. The van der Waals surface area contributed by atoms with Gasteiger partial charge in [-0.1, -0.05) is 11.6 Å². The number of rotatable bonds is 7. The number of carbonyl (C=O) groups excluding carboxylic acids is 1. The molecule has 0 spiro atoms. The average molecular weight is 230 g/mol. The summed E-state index contributed by atoms with van der Waals surface area (Å²) in [5, 5.41) is 13.4. The number of carbonyl (C=O) groups is 2. The highest BCUT2D eigenvalue weighted by molar-refractivity contribution is 5.73. The number of carboxylic acids is 1. The van der Waals surface area contributed by atoms with Crippen LogP contribution < -0.4 is 10.6 Å². The van der Waals surface area contributed by atoms with Crippen molar-refractivity contribution in [1.82, 2.24) is 10.6 Å². The van der Waals surface area contributed by atoms with E-state index < -0.39 is 5.97 Å². The number of hydrogen-bond donors (Lipinski definition) is 3. The van der Waals surface area contributed by atoms with E-state index in [1.807, 2.05) is 19.9 Å². The average Bonchev–Trinajstić information content (AvgIpc) is 2.16. The summed E-state index contributed by atoms with van der Waals surface area (Å²) < 4.78 is 4.73. The minimum Gasteiger partial charge on any atom is -0.480 e. The fourth-order valence-corrected chi connectivity index (χ4v) is 0.807. The second kappa shape index (κ2) is 8.72. The lowest BCUT2D eigenvalue weighted by Gasteiger charge is -2.05. The van der Waals surface area contributed by atoms with Crippen molar-refractivity contribution >= 4 is 12.0 Å². The van der Waals surface area contributed by atoms with Crippen molar-refractivity contribution in [3.8, 4) is 0 Å². The minimum absolute atomic E-state index is 0.183. The number of aliphatic carboxylic acids is 1. The van der Waals surface area contributed by atoms with Gasteiger partial charge in [-0.2, -0.15) is 0 Å². The van der Waals surface area contributed by atoms with E-state index >= 15 is 0 Å². The molecule has 0 aromatic heterocycles. The van der Waals surface area contributed by atoms with Crippen LogP contribution in [-0.4, -0.2) is 43.4 Å². The predicted octanol–water partition coefficient (Wildman–Crippen LogP) is 0.353. The molecule has 0 aliphatic heterocycles. The molecule has 0 saturated heterocycles. The molecule has 0 atom stereocenters. The van der Waals surface area contributed by atoms with Gasteiger partial charge in [0.05, 0.1) is 6.61 Å². The summed E-state index contributed by atoms with van der Waals surface area (Å²) in [4.78, 5) is 21.2. The Morgan fingerprint density at radius 1 is 1.31 bits per heavy atom. The third-order valence-electron chi connectivity index (χ3n) is 1.53. The second-order valence-electron chi connectivity index (χ2n) is 3.36. The summed E-state index contributed by atoms with van der Waals surface area (Å²) >= 11 is 0. The number of carboxylic acid groups (broad SMARTS) is 1. The maximum atomic E-state index is 11.1. The lowest BCUT2D eigenvalue weighted by Crippen LogP contribution is -2.37. The summed E-state index contributed by atoms with van der Waals surface area (Å²) in [6.07, 6.45) is 1.89. The summed E-state index contributed by atoms with van der Waals surface area (Å²) in [6, 6.07) is -0.295. The molecule has 0 aromatic rings. The van der Waals surface area contributed by atoms with E-state index in [1.165, 1.54) is 0 Å². The molecule has 0 unspecified atom stereocenters. The van der Waals surface area contributed by atoms with Gasteiger partial charge in [-0.25, -0.2) is 9.59 Å². The number of amides is 2. The van der Waals surface area contributed by atoms with Gasteiger partial charge in [0.2, 0.25) is 0 Å². The number of urea groups is 1. The third-order valence-corrected chi connectivity index (χ3v) is 1.53. The van der Waals surface area contributed by atoms with Crippen LogP contribution >= 0.6 is 0 Å². The van der Waals surface area contributed by atoms with Crippen LogP contribution in [0.4, 0.5) is 4.79 Å². The van der Waals surface area contributed by atoms with E-state index in [0.717, 1.165) is 5.57 Å². The molecule has 0 bridgehead atoms. The number of ether oxygens (including phenoxy) is 1. The molecule has 0 rings (SSSR count). The van der Waals surface area contributed by atoms with Crippen molar-refractivity contribution in [2.45, 2.75) is 13.8 Å². The fourth-order valence-electron chi connectivity index (χ4n) is 0.807. The highest BCUT2D eigenvalue weighted by Crippen LogP contribution is 1.84. The number of hydrogen-bond acceptors (Lipinski definition) is 3. The lowest BCUT2D eigenvalue weighted by atomic mass is 10.3. The molecule has 6 heteroatoms. The Hall–Kier alpha value is -1.56. The van der Waals surface area contributed by atoms with Gasteiger partial charge in [0.25, 0.3) is 0 Å². The molecule has 3 N–H and O–H groups in total. The SMILES string of the molecule is CC(C)=CCNC(=O)NCCOCC(=O)O. The molecule has 0 saturated carbocycles. The van der Waals surface area contributed by atoms with Crippen molar-refractivity contribution in [3.63, 3.8) is 0 Å². The summed E-state index contributed by atoms with van der Waals surface area (Å²) in [5.74, 6) is -1.02. The number of allylic oxidation sites excluding steroid dienone is 1. The highest BCUT2D eigenvalue weighted by Gasteiger charge is 1.98. The zero-order chi connectivity index (χ0) is 12.4. The Labute approximate surface area is 94.7 Å². The first-order valence-electron chi connectivity index (χ1n) is 4.97. The van der Waals surface area contributed by atoms with Gasteiger partial charge < -0.3 is 20.5 Å². The zero-order valence-corrected chi connectivity index (χ0v) is 9.58. The topological polar surface area (TPSA) is 87.7 Å². The van der Waals surface area contributed by atoms with Crippen LogP contribution in [0, 0.1) is 0 Å². The summed E-state index contributed by atoms with van der Waals surface area (Å²) in [7, 11) is 0. The maximum Gasteiger partial charge on any atom is 0.329 e. The maximum absolute atomic E-state index is 11.1. The van der Waals surface area contributed by atoms with Gasteiger partial charge >= 0.3 is 12.0 Å². The van der Waals surface area contributed by atoms with E-state index in [0.29, 0.717) is 6.54 Å². The first-order valence-corrected chi connectivity index (χ1v) is 4.97. The first-order chi connectivity index (χ1) is 7.52. The van der Waals surface area contributed by atoms with Crippen LogP contribution in [0.15, 0.2) is 11.6 Å². The van der Waals surface area contributed by atoms with Gasteiger partial charge in [-0.3, -0.25) is 0 Å². The Morgan fingerprint density at radius 3 is 2.56 bits per heavy atom. The van der Waals surface area contributed by atoms with E-state index in [1.54, 1.807) is 0 Å². The van der Waals surface area contributed by atoms with Crippen LogP contribution in [0.1, 0.15) is 13.8 Å². The van der Waals surface area contributed by atoms with E-state index in [4.69, 9.17) is 9.84 Å². The first kappa shape index (κ1) is 14.4. The predicted molar refractivity (Wildman–Crippen MR) is 59.3 cm³/mol. The number of nitrogens with one attached hydrogen (secondary N) is 2. The summed E-state index contributed by atoms with van der Waals surface area (Å²) in [6.45, 7) is 4.49. The van der Waals surface area contributed by atoms with Crippen LogP contribution in [0.3, 0.4) is 0 Å². The van der Waals surface area contributed by atoms with Crippen LogP contribution in [-0.2, 0) is 9.53 Å². The van der Waals surface area contributed by atoms with Gasteiger partial charge in [-0.15, -0.1) is 0 Å². The van der Waals surface area contributed by atoms with Gasteiger partial charge in [-0.05, 0) is 13.8 Å². The fraction of sp³-hybridized carbons (Fsp3) is 0.600. The second-order valence-corrected chi connectivity index (χ2v) is 3.36. The van der Waals surface area contributed by atoms with E-state index in [9.17, 15) is 9.59 Å². The zero-order valence-electron chi connectivity index (χ0n) is 9.58. The Balaban J connectivity index is 3.37. The van der Waals surface area contributed by atoms with Crippen molar-refractivity contribution in [1.29, 1.82) is 0 Å². The van der Waals surface area contributed by atoms with Crippen LogP contribution in [0.5, 0.6) is 0 Å². The van der Waals surface area contributed by atoms with Crippen molar-refractivity contribution in [2.24, 2.45) is 0 Å². The molecule has 0 aromatic carbocycles. The molecule has 0 radical (unpaired) electrons. The monoisotopic (exact) mass is 230 g/mol. The standard InChI is InChI=1S/C10H18N2O4/c1-8(2)3-4-11-10(15)12-5-6-16-7-9(13)14/h3H,4-7H2,1-2H3,(H,13,14)(H2,11,12,15). The minimum atomic E-state index is -1.02. The molecule has 6 nitrogen and oxygen atoms in total. The van der Waals surface area contributed by atoms with Crippen molar-refractivity contribution in [3.05, 3.63) is 11.6 Å². The molecule has 0 aliphatic rings. The van der Waals surface area contributed by atoms with Crippen LogP contribution in [0.2, 0.25) is 0 Å². The van der Waals surface area contributed by atoms with E-state index in [-0.39, 0.29) is 25.8 Å². The normalized spacial score (nSPS) is 9.38. The van der Waals surface area contributed by atoms with Crippen molar-refractivity contribution < 1.29 is 19.4 Å². The molecular formula is C10H18N2O4. The smallest absolute Gasteiger partial charge is 0.329 e. The van der Waals surface area contributed by atoms with E-state index in [2.05, 4.69) is 10.6 Å². The van der Waals surface area contributed by atoms with Gasteiger partial charge in [0.1, 0.15) is 6.61 Å². The molecule has 0 heterocycles. The van der Waals surface area contributed by atoms with Gasteiger partial charge in [0.15, 0.2) is 0 Å². The molecule has 92 valence electrons. The molecule has 0 aliphatic carbocycles. The third kappa shape index (κ3) is 10.5. The quantitative estimate of drug-likeness (QED) is 0.435.